The summed E-state index contributed by atoms with van der Waals surface area (Å²) in [4.78, 5) is 24.2. The number of hydrogen-bond donors (Lipinski definition) is 2. The number of ether oxygens (including phenoxy) is 1. The quantitative estimate of drug-likeness (QED) is 0.658. The van der Waals surface area contributed by atoms with Gasteiger partial charge in [-0.05, 0) is 42.0 Å². The zero-order chi connectivity index (χ0) is 19.8. The predicted molar refractivity (Wildman–Crippen MR) is 105 cm³/mol. The topological polar surface area (TPSA) is 67.4 Å². The Bertz CT molecular complexity index is 961. The van der Waals surface area contributed by atoms with Crippen LogP contribution in [0, 0.1) is 5.82 Å². The van der Waals surface area contributed by atoms with Crippen molar-refractivity contribution < 1.29 is 18.7 Å². The van der Waals surface area contributed by atoms with Crippen molar-refractivity contribution in [3.05, 3.63) is 95.8 Å². The minimum Gasteiger partial charge on any atom is -0.484 e. The zero-order valence-electron chi connectivity index (χ0n) is 15.0. The van der Waals surface area contributed by atoms with Gasteiger partial charge in [0, 0.05) is 17.8 Å². The highest BCUT2D eigenvalue weighted by Gasteiger charge is 2.08. The molecule has 0 aliphatic carbocycles. The first kappa shape index (κ1) is 19.1. The van der Waals surface area contributed by atoms with Gasteiger partial charge in [0.25, 0.3) is 11.8 Å². The maximum atomic E-state index is 13.1. The molecule has 0 saturated carbocycles. The van der Waals surface area contributed by atoms with E-state index in [2.05, 4.69) is 10.6 Å². The molecule has 3 rings (SSSR count). The second-order valence-corrected chi connectivity index (χ2v) is 6.04. The van der Waals surface area contributed by atoms with E-state index in [-0.39, 0.29) is 12.5 Å². The molecule has 0 aliphatic rings. The molecule has 3 aromatic carbocycles. The van der Waals surface area contributed by atoms with Crippen LogP contribution in [0.1, 0.15) is 15.9 Å². The summed E-state index contributed by atoms with van der Waals surface area (Å²) in [6.45, 7) is 0.159. The molecule has 28 heavy (non-hydrogen) atoms. The molecule has 0 spiro atoms. The third-order valence-electron chi connectivity index (χ3n) is 3.87. The fourth-order valence-corrected chi connectivity index (χ4v) is 2.52. The Labute approximate surface area is 162 Å². The number of halogens is 1. The second-order valence-electron chi connectivity index (χ2n) is 6.04. The molecule has 2 amide bonds. The molecule has 2 N–H and O–H groups in total. The van der Waals surface area contributed by atoms with Crippen LogP contribution in [0.2, 0.25) is 0 Å². The Kier molecular flexibility index (Phi) is 6.36. The number of amides is 2. The summed E-state index contributed by atoms with van der Waals surface area (Å²) >= 11 is 0. The van der Waals surface area contributed by atoms with Gasteiger partial charge in [-0.2, -0.15) is 0 Å². The summed E-state index contributed by atoms with van der Waals surface area (Å²) in [5, 5.41) is 5.38. The maximum Gasteiger partial charge on any atom is 0.262 e. The number of hydrogen-bond acceptors (Lipinski definition) is 3. The second kappa shape index (κ2) is 9.32. The van der Waals surface area contributed by atoms with Crippen molar-refractivity contribution in [1.29, 1.82) is 0 Å². The molecule has 3 aromatic rings. The molecule has 142 valence electrons. The molecule has 0 radical (unpaired) electrons. The van der Waals surface area contributed by atoms with Crippen molar-refractivity contribution in [1.82, 2.24) is 5.32 Å². The molecule has 0 aromatic heterocycles. The third-order valence-corrected chi connectivity index (χ3v) is 3.87. The van der Waals surface area contributed by atoms with Crippen molar-refractivity contribution in [2.45, 2.75) is 6.54 Å². The Morgan fingerprint density at radius 3 is 2.46 bits per heavy atom. The predicted octanol–water partition coefficient (Wildman–Crippen LogP) is 3.77. The van der Waals surface area contributed by atoms with E-state index in [4.69, 9.17) is 4.74 Å². The van der Waals surface area contributed by atoms with E-state index in [0.717, 1.165) is 5.56 Å². The summed E-state index contributed by atoms with van der Waals surface area (Å²) in [5.41, 5.74) is 1.78. The molecule has 0 saturated heterocycles. The van der Waals surface area contributed by atoms with Gasteiger partial charge in [0.2, 0.25) is 0 Å². The van der Waals surface area contributed by atoms with Crippen LogP contribution >= 0.6 is 0 Å². The van der Waals surface area contributed by atoms with E-state index < -0.39 is 11.7 Å². The van der Waals surface area contributed by atoms with Gasteiger partial charge in [-0.1, -0.05) is 42.5 Å². The summed E-state index contributed by atoms with van der Waals surface area (Å²) in [5.74, 6) is -0.710. The lowest BCUT2D eigenvalue weighted by atomic mass is 10.2. The first-order valence-corrected chi connectivity index (χ1v) is 8.70. The van der Waals surface area contributed by atoms with Gasteiger partial charge >= 0.3 is 0 Å². The number of rotatable bonds is 7. The Morgan fingerprint density at radius 2 is 1.68 bits per heavy atom. The van der Waals surface area contributed by atoms with E-state index >= 15 is 0 Å². The lowest BCUT2D eigenvalue weighted by Gasteiger charge is -2.09. The lowest BCUT2D eigenvalue weighted by Crippen LogP contribution is -2.23. The van der Waals surface area contributed by atoms with Crippen molar-refractivity contribution in [3.8, 4) is 5.75 Å². The van der Waals surface area contributed by atoms with E-state index in [0.29, 0.717) is 23.5 Å². The molecule has 0 unspecified atom stereocenters. The van der Waals surface area contributed by atoms with Crippen LogP contribution in [0.15, 0.2) is 78.9 Å². The monoisotopic (exact) mass is 378 g/mol. The van der Waals surface area contributed by atoms with E-state index in [1.165, 1.54) is 18.2 Å². The average molecular weight is 378 g/mol. The van der Waals surface area contributed by atoms with E-state index in [9.17, 15) is 14.0 Å². The molecule has 0 bridgehead atoms. The van der Waals surface area contributed by atoms with Crippen LogP contribution in [-0.4, -0.2) is 18.4 Å². The molecular formula is C22H19FN2O3. The molecule has 0 heterocycles. The highest BCUT2D eigenvalue weighted by molar-refractivity contribution is 5.94. The Hall–Kier alpha value is -3.67. The zero-order valence-corrected chi connectivity index (χ0v) is 15.0. The number of anilines is 1. The smallest absolute Gasteiger partial charge is 0.262 e. The Morgan fingerprint density at radius 1 is 0.893 bits per heavy atom. The summed E-state index contributed by atoms with van der Waals surface area (Å²) < 4.78 is 18.6. The standard InChI is InChI=1S/C22H19FN2O3/c23-18-9-5-10-19(13-18)25-21(26)15-28-20-11-4-8-17(12-20)22(27)24-14-16-6-2-1-3-7-16/h1-13H,14-15H2,(H,24,27)(H,25,26). The number of nitrogens with one attached hydrogen (secondary N) is 2. The molecule has 0 aliphatic heterocycles. The van der Waals surface area contributed by atoms with Gasteiger partial charge < -0.3 is 15.4 Å². The van der Waals surface area contributed by atoms with Crippen molar-refractivity contribution in [3.63, 3.8) is 0 Å². The molecule has 5 nitrogen and oxygen atoms in total. The Balaban J connectivity index is 1.52. The van der Waals surface area contributed by atoms with Crippen LogP contribution in [0.4, 0.5) is 10.1 Å². The minimum atomic E-state index is -0.437. The minimum absolute atomic E-state index is 0.237. The van der Waals surface area contributed by atoms with Crippen LogP contribution in [0.25, 0.3) is 0 Å². The first-order valence-electron chi connectivity index (χ1n) is 8.70. The normalized spacial score (nSPS) is 10.2. The summed E-state index contributed by atoms with van der Waals surface area (Å²) in [6, 6.07) is 21.7. The summed E-state index contributed by atoms with van der Waals surface area (Å²) in [6.07, 6.45) is 0. The molecule has 0 atom stereocenters. The molecular weight excluding hydrogens is 359 g/mol. The largest absolute Gasteiger partial charge is 0.484 e. The van der Waals surface area contributed by atoms with Crippen LogP contribution in [0.3, 0.4) is 0 Å². The number of carbonyl (C=O) groups excluding carboxylic acids is 2. The average Bonchev–Trinajstić information content (AvgIpc) is 2.71. The first-order chi connectivity index (χ1) is 13.6. The highest BCUT2D eigenvalue weighted by Crippen LogP contribution is 2.14. The highest BCUT2D eigenvalue weighted by atomic mass is 19.1. The van der Waals surface area contributed by atoms with Crippen molar-refractivity contribution in [2.75, 3.05) is 11.9 Å². The lowest BCUT2D eigenvalue weighted by molar-refractivity contribution is -0.118. The van der Waals surface area contributed by atoms with Gasteiger partial charge in [-0.15, -0.1) is 0 Å². The summed E-state index contributed by atoms with van der Waals surface area (Å²) in [7, 11) is 0. The van der Waals surface area contributed by atoms with Crippen molar-refractivity contribution in [2.24, 2.45) is 0 Å². The number of benzene rings is 3. The van der Waals surface area contributed by atoms with Crippen LogP contribution in [0.5, 0.6) is 5.75 Å². The molecule has 0 fully saturated rings. The number of carbonyl (C=O) groups is 2. The molecule has 6 heteroatoms. The fraction of sp³-hybridized carbons (Fsp3) is 0.0909. The van der Waals surface area contributed by atoms with Gasteiger partial charge in [-0.3, -0.25) is 9.59 Å². The fourth-order valence-electron chi connectivity index (χ4n) is 2.52. The van der Waals surface area contributed by atoms with Gasteiger partial charge in [0.15, 0.2) is 6.61 Å². The van der Waals surface area contributed by atoms with Crippen molar-refractivity contribution >= 4 is 17.5 Å². The van der Waals surface area contributed by atoms with Crippen LogP contribution < -0.4 is 15.4 Å². The third kappa shape index (κ3) is 5.67. The maximum absolute atomic E-state index is 13.1. The van der Waals surface area contributed by atoms with Gasteiger partial charge in [0.05, 0.1) is 0 Å². The van der Waals surface area contributed by atoms with E-state index in [1.54, 1.807) is 30.3 Å². The van der Waals surface area contributed by atoms with Gasteiger partial charge in [-0.25, -0.2) is 4.39 Å². The van der Waals surface area contributed by atoms with Crippen LogP contribution in [-0.2, 0) is 11.3 Å². The van der Waals surface area contributed by atoms with E-state index in [1.807, 2.05) is 30.3 Å². The van der Waals surface area contributed by atoms with Gasteiger partial charge in [0.1, 0.15) is 11.6 Å². The SMILES string of the molecule is O=C(COc1cccc(C(=O)NCc2ccccc2)c1)Nc1cccc(F)c1.